The summed E-state index contributed by atoms with van der Waals surface area (Å²) in [6.45, 7) is 2.00. The number of hydrogen-bond acceptors (Lipinski definition) is 5. The predicted molar refractivity (Wildman–Crippen MR) is 69.4 cm³/mol. The normalized spacial score (nSPS) is 28.8. The molecule has 0 radical (unpaired) electrons. The molecule has 0 bridgehead atoms. The molecule has 0 aliphatic carbocycles. The van der Waals surface area contributed by atoms with Crippen LogP contribution in [0.2, 0.25) is 0 Å². The first-order valence-corrected chi connectivity index (χ1v) is 6.88. The summed E-state index contributed by atoms with van der Waals surface area (Å²) in [6.07, 6.45) is 3.68. The highest BCUT2D eigenvalue weighted by molar-refractivity contribution is 8.01. The Bertz CT molecular complexity index is 381. The lowest BCUT2D eigenvalue weighted by Crippen LogP contribution is -2.56. The van der Waals surface area contributed by atoms with Crippen LogP contribution in [0.3, 0.4) is 0 Å². The molecule has 92 valence electrons. The lowest BCUT2D eigenvalue weighted by atomic mass is 10.2. The van der Waals surface area contributed by atoms with Crippen molar-refractivity contribution in [1.82, 2.24) is 10.4 Å². The average molecular weight is 251 g/mol. The number of nitrogens with one attached hydrogen (secondary N) is 2. The monoisotopic (exact) mass is 251 g/mol. The van der Waals surface area contributed by atoms with E-state index < -0.39 is 5.18 Å². The van der Waals surface area contributed by atoms with Crippen molar-refractivity contribution >= 4 is 17.4 Å². The summed E-state index contributed by atoms with van der Waals surface area (Å²) < 4.78 is 0. The van der Waals surface area contributed by atoms with Gasteiger partial charge in [-0.05, 0) is 36.7 Å². The zero-order chi connectivity index (χ0) is 11.7. The number of hydrazine groups is 1. The van der Waals surface area contributed by atoms with Crippen LogP contribution in [0.1, 0.15) is 19.3 Å². The molecule has 0 saturated carbocycles. The minimum atomic E-state index is -1.10. The molecule has 4 nitrogen and oxygen atoms in total. The Morgan fingerprint density at radius 2 is 2.00 bits per heavy atom. The van der Waals surface area contributed by atoms with Crippen molar-refractivity contribution in [3.63, 3.8) is 0 Å². The van der Waals surface area contributed by atoms with Crippen molar-refractivity contribution in [2.24, 2.45) is 0 Å². The lowest BCUT2D eigenvalue weighted by molar-refractivity contribution is 0.0187. The van der Waals surface area contributed by atoms with E-state index in [-0.39, 0.29) is 0 Å². The van der Waals surface area contributed by atoms with Gasteiger partial charge in [-0.1, -0.05) is 18.6 Å². The number of nitrogens with zero attached hydrogens (tertiary/aromatic N) is 1. The molecule has 3 N–H and O–H groups in total. The molecule has 0 spiro atoms. The number of thioether (sulfide) groups is 1. The van der Waals surface area contributed by atoms with Gasteiger partial charge in [-0.3, -0.25) is 0 Å². The Kier molecular flexibility index (Phi) is 3.00. The van der Waals surface area contributed by atoms with Crippen molar-refractivity contribution in [1.29, 1.82) is 0 Å². The van der Waals surface area contributed by atoms with Gasteiger partial charge in [-0.15, -0.1) is 0 Å². The third-order valence-corrected chi connectivity index (χ3v) is 4.18. The Morgan fingerprint density at radius 3 is 2.76 bits per heavy atom. The number of benzene rings is 1. The van der Waals surface area contributed by atoms with E-state index in [9.17, 15) is 5.11 Å². The van der Waals surface area contributed by atoms with Crippen LogP contribution in [0.15, 0.2) is 29.2 Å². The van der Waals surface area contributed by atoms with Crippen molar-refractivity contribution < 1.29 is 5.11 Å². The van der Waals surface area contributed by atoms with Crippen LogP contribution >= 0.6 is 11.8 Å². The molecule has 1 saturated heterocycles. The number of rotatable bonds is 2. The van der Waals surface area contributed by atoms with Crippen molar-refractivity contribution in [3.05, 3.63) is 24.3 Å². The predicted octanol–water partition coefficient (Wildman–Crippen LogP) is 1.80. The third-order valence-electron chi connectivity index (χ3n) is 3.11. The summed E-state index contributed by atoms with van der Waals surface area (Å²) in [4.78, 5) is 1.08. The maximum Gasteiger partial charge on any atom is 0.262 e. The minimum Gasteiger partial charge on any atom is -0.349 e. The first-order valence-electron chi connectivity index (χ1n) is 6.07. The summed E-state index contributed by atoms with van der Waals surface area (Å²) >= 11 is 1.42. The van der Waals surface area contributed by atoms with Crippen molar-refractivity contribution in [3.8, 4) is 0 Å². The molecule has 2 aliphatic heterocycles. The van der Waals surface area contributed by atoms with Gasteiger partial charge < -0.3 is 10.4 Å². The molecule has 1 atom stereocenters. The highest BCUT2D eigenvalue weighted by atomic mass is 32.2. The van der Waals surface area contributed by atoms with E-state index >= 15 is 0 Å². The van der Waals surface area contributed by atoms with Gasteiger partial charge in [-0.2, -0.15) is 5.43 Å². The zero-order valence-electron chi connectivity index (χ0n) is 9.65. The van der Waals surface area contributed by atoms with Crippen LogP contribution in [0.4, 0.5) is 5.69 Å². The van der Waals surface area contributed by atoms with Crippen LogP contribution in [-0.4, -0.2) is 28.4 Å². The molecule has 5 heteroatoms. The highest BCUT2D eigenvalue weighted by Gasteiger charge is 2.37. The van der Waals surface area contributed by atoms with Crippen molar-refractivity contribution in [2.45, 2.75) is 29.3 Å². The molecule has 2 heterocycles. The summed E-state index contributed by atoms with van der Waals surface area (Å²) in [7, 11) is 0. The Labute approximate surface area is 105 Å². The van der Waals surface area contributed by atoms with Crippen LogP contribution in [0.25, 0.3) is 0 Å². The molecule has 0 amide bonds. The molecule has 3 rings (SSSR count). The lowest BCUT2D eigenvalue weighted by Gasteiger charge is -2.34. The Morgan fingerprint density at radius 1 is 1.24 bits per heavy atom. The maximum atomic E-state index is 10.5. The molecule has 17 heavy (non-hydrogen) atoms. The number of anilines is 1. The van der Waals surface area contributed by atoms with Crippen LogP contribution < -0.4 is 10.7 Å². The van der Waals surface area contributed by atoms with E-state index in [1.807, 2.05) is 24.3 Å². The number of hydrogen-bond donors (Lipinski definition) is 3. The molecule has 1 aromatic rings. The number of para-hydroxylation sites is 1. The van der Waals surface area contributed by atoms with Gasteiger partial charge in [0.2, 0.25) is 0 Å². The molecular formula is C12H17N3OS. The Balaban J connectivity index is 1.68. The quantitative estimate of drug-likeness (QED) is 0.700. The van der Waals surface area contributed by atoms with Gasteiger partial charge in [0, 0.05) is 18.0 Å². The number of aliphatic hydroxyl groups is 1. The van der Waals surface area contributed by atoms with E-state index in [1.165, 1.54) is 31.0 Å². The largest absolute Gasteiger partial charge is 0.349 e. The van der Waals surface area contributed by atoms with Gasteiger partial charge in [0.1, 0.15) is 0 Å². The maximum absolute atomic E-state index is 10.5. The van der Waals surface area contributed by atoms with E-state index in [1.54, 1.807) is 0 Å². The van der Waals surface area contributed by atoms with E-state index in [0.717, 1.165) is 23.7 Å². The van der Waals surface area contributed by atoms with E-state index in [4.69, 9.17) is 0 Å². The summed E-state index contributed by atoms with van der Waals surface area (Å²) in [5, 5.41) is 14.6. The van der Waals surface area contributed by atoms with E-state index in [2.05, 4.69) is 15.8 Å². The highest BCUT2D eigenvalue weighted by Crippen LogP contribution is 2.42. The SMILES string of the molecule is OC1(NN2CCCCC2)Nc2ccccc2S1. The molecule has 1 fully saturated rings. The topological polar surface area (TPSA) is 47.5 Å². The molecular weight excluding hydrogens is 234 g/mol. The molecule has 0 aromatic heterocycles. The minimum absolute atomic E-state index is 0.990. The standard InChI is InChI=1S/C12H17N3OS/c16-12(14-15-8-4-1-5-9-15)13-10-6-2-3-7-11(10)17-12/h2-3,6-7,13-14,16H,1,4-5,8-9H2. The van der Waals surface area contributed by atoms with Crippen LogP contribution in [0, 0.1) is 0 Å². The second-order valence-electron chi connectivity index (χ2n) is 4.53. The second kappa shape index (κ2) is 4.49. The second-order valence-corrected chi connectivity index (χ2v) is 5.76. The average Bonchev–Trinajstić information content (AvgIpc) is 2.66. The Hall–Kier alpha value is -0.750. The van der Waals surface area contributed by atoms with Gasteiger partial charge in [0.15, 0.2) is 0 Å². The summed E-state index contributed by atoms with van der Waals surface area (Å²) in [6, 6.07) is 7.96. The smallest absolute Gasteiger partial charge is 0.262 e. The number of piperidine rings is 1. The van der Waals surface area contributed by atoms with Gasteiger partial charge in [0.05, 0.1) is 5.69 Å². The van der Waals surface area contributed by atoms with Gasteiger partial charge >= 0.3 is 0 Å². The molecule has 1 unspecified atom stereocenters. The van der Waals surface area contributed by atoms with Crippen LogP contribution in [0.5, 0.6) is 0 Å². The third kappa shape index (κ3) is 2.42. The number of fused-ring (bicyclic) bond motifs is 1. The summed E-state index contributed by atoms with van der Waals surface area (Å²) in [5.74, 6) is 0. The first-order chi connectivity index (χ1) is 8.25. The van der Waals surface area contributed by atoms with Gasteiger partial charge in [-0.25, -0.2) is 5.01 Å². The fourth-order valence-corrected chi connectivity index (χ4v) is 3.33. The summed E-state index contributed by atoms with van der Waals surface area (Å²) in [5.41, 5.74) is 4.17. The fourth-order valence-electron chi connectivity index (χ4n) is 2.30. The van der Waals surface area contributed by atoms with E-state index in [0.29, 0.717) is 0 Å². The van der Waals surface area contributed by atoms with Gasteiger partial charge in [0.25, 0.3) is 5.18 Å². The van der Waals surface area contributed by atoms with Crippen LogP contribution in [-0.2, 0) is 0 Å². The van der Waals surface area contributed by atoms with Crippen molar-refractivity contribution in [2.75, 3.05) is 18.4 Å². The zero-order valence-corrected chi connectivity index (χ0v) is 10.5. The molecule has 1 aromatic carbocycles. The first kappa shape index (κ1) is 11.3. The molecule has 2 aliphatic rings. The fraction of sp³-hybridized carbons (Fsp3) is 0.500.